The molecule has 0 spiro atoms. The molecule has 132 valence electrons. The number of rotatable bonds is 8. The molecule has 2 fully saturated rings. The van der Waals surface area contributed by atoms with Crippen LogP contribution in [0.25, 0.3) is 0 Å². The quantitative estimate of drug-likeness (QED) is 0.484. The van der Waals surface area contributed by atoms with Crippen molar-refractivity contribution in [3.63, 3.8) is 0 Å². The molecule has 4 rings (SSSR count). The van der Waals surface area contributed by atoms with E-state index in [1.54, 1.807) is 0 Å². The summed E-state index contributed by atoms with van der Waals surface area (Å²) >= 11 is 0. The SMILES string of the molecule is CCCCCCCC[C@@H]1[C@H]2C=C[C@@H]3[C@@H]4[C@H]2[C@H]1C[C@@H]4C=C[C@H]3C(=O)O. The highest BCUT2D eigenvalue weighted by atomic mass is 16.4. The van der Waals surface area contributed by atoms with Crippen LogP contribution in [0.4, 0.5) is 0 Å². The van der Waals surface area contributed by atoms with E-state index in [1.807, 2.05) is 6.08 Å². The van der Waals surface area contributed by atoms with Crippen molar-refractivity contribution in [2.75, 3.05) is 0 Å². The van der Waals surface area contributed by atoms with Gasteiger partial charge in [-0.15, -0.1) is 0 Å². The fourth-order valence-electron chi connectivity index (χ4n) is 6.60. The van der Waals surface area contributed by atoms with Crippen LogP contribution in [-0.4, -0.2) is 11.1 Å². The van der Waals surface area contributed by atoms with Gasteiger partial charge in [0.25, 0.3) is 0 Å². The molecule has 0 aromatic heterocycles. The average molecular weight is 328 g/mol. The molecule has 4 aliphatic rings. The lowest BCUT2D eigenvalue weighted by molar-refractivity contribution is -0.143. The zero-order valence-electron chi connectivity index (χ0n) is 14.9. The third kappa shape index (κ3) is 2.57. The maximum atomic E-state index is 11.6. The van der Waals surface area contributed by atoms with Crippen LogP contribution < -0.4 is 0 Å². The molecule has 0 aromatic carbocycles. The fraction of sp³-hybridized carbons (Fsp3) is 0.773. The van der Waals surface area contributed by atoms with Gasteiger partial charge in [-0.1, -0.05) is 69.8 Å². The summed E-state index contributed by atoms with van der Waals surface area (Å²) in [4.78, 5) is 11.6. The molecule has 24 heavy (non-hydrogen) atoms. The van der Waals surface area contributed by atoms with E-state index in [-0.39, 0.29) is 11.8 Å². The summed E-state index contributed by atoms with van der Waals surface area (Å²) in [5.41, 5.74) is 0. The largest absolute Gasteiger partial charge is 0.481 e. The highest BCUT2D eigenvalue weighted by Crippen LogP contribution is 2.67. The molecule has 4 aliphatic carbocycles. The topological polar surface area (TPSA) is 37.3 Å². The van der Waals surface area contributed by atoms with Crippen molar-refractivity contribution in [1.29, 1.82) is 0 Å². The standard InChI is InChI=1S/C22H32O2/c1-2-3-4-5-6-7-8-15-16-11-12-17-18(22(23)24)10-9-14-13-19(15)21(16)20(14)17/h9-12,14-21H,2-8,13H2,1H3,(H,23,24)/t14-,15+,16+,17-,18+,19-,20+,21+/m0/s1. The van der Waals surface area contributed by atoms with Gasteiger partial charge in [0, 0.05) is 0 Å². The van der Waals surface area contributed by atoms with Gasteiger partial charge < -0.3 is 5.11 Å². The first-order chi connectivity index (χ1) is 11.7. The van der Waals surface area contributed by atoms with Crippen LogP contribution in [-0.2, 0) is 4.79 Å². The van der Waals surface area contributed by atoms with Crippen molar-refractivity contribution in [2.45, 2.75) is 58.3 Å². The first kappa shape index (κ1) is 16.4. The Hall–Kier alpha value is -1.05. The summed E-state index contributed by atoms with van der Waals surface area (Å²) < 4.78 is 0. The summed E-state index contributed by atoms with van der Waals surface area (Å²) in [5, 5.41) is 9.52. The summed E-state index contributed by atoms with van der Waals surface area (Å²) in [5.74, 6) is 3.95. The molecule has 8 atom stereocenters. The van der Waals surface area contributed by atoms with Gasteiger partial charge >= 0.3 is 5.97 Å². The van der Waals surface area contributed by atoms with Crippen LogP contribution in [0.2, 0.25) is 0 Å². The zero-order valence-corrected chi connectivity index (χ0v) is 14.9. The second-order valence-electron chi connectivity index (χ2n) is 8.73. The number of carboxylic acids is 1. The summed E-state index contributed by atoms with van der Waals surface area (Å²) in [6.07, 6.45) is 20.0. The van der Waals surface area contributed by atoms with Gasteiger partial charge in [0.15, 0.2) is 0 Å². The molecule has 0 radical (unpaired) electrons. The number of carbonyl (C=O) groups is 1. The molecular formula is C22H32O2. The lowest BCUT2D eigenvalue weighted by Crippen LogP contribution is -2.50. The minimum atomic E-state index is -0.635. The Labute approximate surface area is 146 Å². The number of allylic oxidation sites excluding steroid dienone is 3. The second-order valence-corrected chi connectivity index (χ2v) is 8.73. The molecule has 0 aromatic rings. The third-order valence-electron chi connectivity index (χ3n) is 7.62. The predicted octanol–water partition coefficient (Wildman–Crippen LogP) is 5.31. The summed E-state index contributed by atoms with van der Waals surface area (Å²) in [6, 6.07) is 0. The molecule has 0 amide bonds. The number of hydrogen-bond acceptors (Lipinski definition) is 1. The van der Waals surface area contributed by atoms with Gasteiger partial charge in [-0.25, -0.2) is 0 Å². The van der Waals surface area contributed by atoms with Crippen LogP contribution in [0, 0.1) is 47.3 Å². The first-order valence-electron chi connectivity index (χ1n) is 10.3. The summed E-state index contributed by atoms with van der Waals surface area (Å²) in [6.45, 7) is 2.28. The number of carboxylic acid groups (broad SMARTS) is 1. The maximum Gasteiger partial charge on any atom is 0.310 e. The lowest BCUT2D eigenvalue weighted by Gasteiger charge is -2.54. The Morgan fingerprint density at radius 3 is 2.50 bits per heavy atom. The van der Waals surface area contributed by atoms with Crippen molar-refractivity contribution in [2.24, 2.45) is 47.3 Å². The van der Waals surface area contributed by atoms with Crippen LogP contribution in [0.1, 0.15) is 58.3 Å². The number of unbranched alkanes of at least 4 members (excludes halogenated alkanes) is 5. The molecule has 0 bridgehead atoms. The van der Waals surface area contributed by atoms with Crippen LogP contribution in [0.3, 0.4) is 0 Å². The Morgan fingerprint density at radius 1 is 0.958 bits per heavy atom. The van der Waals surface area contributed by atoms with Crippen molar-refractivity contribution in [3.8, 4) is 0 Å². The molecule has 0 heterocycles. The van der Waals surface area contributed by atoms with Crippen LogP contribution >= 0.6 is 0 Å². The van der Waals surface area contributed by atoms with E-state index in [9.17, 15) is 9.90 Å². The monoisotopic (exact) mass is 328 g/mol. The Balaban J connectivity index is 1.37. The van der Waals surface area contributed by atoms with E-state index in [0.717, 1.165) is 23.7 Å². The highest BCUT2D eigenvalue weighted by Gasteiger charge is 2.62. The Kier molecular flexibility index (Phi) is 4.58. The van der Waals surface area contributed by atoms with Crippen molar-refractivity contribution < 1.29 is 9.90 Å². The van der Waals surface area contributed by atoms with E-state index in [1.165, 1.54) is 51.4 Å². The van der Waals surface area contributed by atoms with Gasteiger partial charge in [-0.3, -0.25) is 4.79 Å². The van der Waals surface area contributed by atoms with E-state index in [0.29, 0.717) is 11.8 Å². The molecule has 0 unspecified atom stereocenters. The Morgan fingerprint density at radius 2 is 1.71 bits per heavy atom. The van der Waals surface area contributed by atoms with Crippen LogP contribution in [0.15, 0.2) is 24.3 Å². The van der Waals surface area contributed by atoms with Crippen molar-refractivity contribution in [3.05, 3.63) is 24.3 Å². The molecule has 2 nitrogen and oxygen atoms in total. The average Bonchev–Trinajstić information content (AvgIpc) is 2.91. The summed E-state index contributed by atoms with van der Waals surface area (Å²) in [7, 11) is 0. The highest BCUT2D eigenvalue weighted by molar-refractivity contribution is 5.73. The Bertz CT molecular complexity index is 534. The molecule has 2 heteroatoms. The van der Waals surface area contributed by atoms with Gasteiger partial charge in [0.2, 0.25) is 0 Å². The fourth-order valence-corrected chi connectivity index (χ4v) is 6.60. The van der Waals surface area contributed by atoms with Gasteiger partial charge in [-0.05, 0) is 54.3 Å². The zero-order chi connectivity index (χ0) is 16.7. The van der Waals surface area contributed by atoms with E-state index < -0.39 is 5.97 Å². The molecular weight excluding hydrogens is 296 g/mol. The van der Waals surface area contributed by atoms with Crippen molar-refractivity contribution in [1.82, 2.24) is 0 Å². The second kappa shape index (κ2) is 6.69. The van der Waals surface area contributed by atoms with E-state index >= 15 is 0 Å². The van der Waals surface area contributed by atoms with Gasteiger partial charge in [0.1, 0.15) is 0 Å². The smallest absolute Gasteiger partial charge is 0.310 e. The molecule has 0 saturated heterocycles. The minimum Gasteiger partial charge on any atom is -0.481 e. The predicted molar refractivity (Wildman–Crippen MR) is 96.4 cm³/mol. The maximum absolute atomic E-state index is 11.6. The van der Waals surface area contributed by atoms with Crippen LogP contribution in [0.5, 0.6) is 0 Å². The first-order valence-corrected chi connectivity index (χ1v) is 10.3. The van der Waals surface area contributed by atoms with E-state index in [4.69, 9.17) is 0 Å². The van der Waals surface area contributed by atoms with Gasteiger partial charge in [0.05, 0.1) is 5.92 Å². The molecule has 2 saturated carbocycles. The number of aliphatic carboxylic acids is 1. The minimum absolute atomic E-state index is 0.263. The van der Waals surface area contributed by atoms with Gasteiger partial charge in [-0.2, -0.15) is 0 Å². The van der Waals surface area contributed by atoms with Crippen molar-refractivity contribution >= 4 is 5.97 Å². The molecule has 1 N–H and O–H groups in total. The third-order valence-corrected chi connectivity index (χ3v) is 7.62. The van der Waals surface area contributed by atoms with E-state index in [2.05, 4.69) is 25.2 Å². The number of hydrogen-bond donors (Lipinski definition) is 1. The normalized spacial score (nSPS) is 44.2. The molecule has 0 aliphatic heterocycles. The lowest BCUT2D eigenvalue weighted by atomic mass is 9.50.